The Kier molecular flexibility index (Phi) is 6.36. The first-order valence-corrected chi connectivity index (χ1v) is 11.1. The molecule has 4 aromatic rings. The first-order valence-electron chi connectivity index (χ1n) is 10.3. The van der Waals surface area contributed by atoms with Crippen molar-refractivity contribution >= 4 is 22.7 Å². The summed E-state index contributed by atoms with van der Waals surface area (Å²) in [5, 5.41) is 5.02. The number of ether oxygens (including phenoxy) is 1. The van der Waals surface area contributed by atoms with Crippen molar-refractivity contribution in [2.45, 2.75) is 43.5 Å². The predicted octanol–water partition coefficient (Wildman–Crippen LogP) is 4.97. The van der Waals surface area contributed by atoms with Gasteiger partial charge >= 0.3 is 0 Å². The number of rotatable bonds is 8. The number of benzene rings is 2. The summed E-state index contributed by atoms with van der Waals surface area (Å²) >= 11 is 1.41. The van der Waals surface area contributed by atoms with E-state index in [1.807, 2.05) is 49.4 Å². The summed E-state index contributed by atoms with van der Waals surface area (Å²) in [7, 11) is 1.60. The van der Waals surface area contributed by atoms with Crippen molar-refractivity contribution in [3.05, 3.63) is 70.6 Å². The number of hydrogen-bond donors (Lipinski definition) is 0. The van der Waals surface area contributed by atoms with Crippen LogP contribution >= 0.6 is 11.8 Å². The van der Waals surface area contributed by atoms with Crippen LogP contribution in [0.4, 0.5) is 0 Å². The van der Waals surface area contributed by atoms with E-state index in [0.717, 1.165) is 19.3 Å². The summed E-state index contributed by atoms with van der Waals surface area (Å²) < 4.78 is 12.4. The highest BCUT2D eigenvalue weighted by Gasteiger charge is 2.21. The first kappa shape index (κ1) is 21.1. The maximum atomic E-state index is 13.4. The van der Waals surface area contributed by atoms with Crippen LogP contribution in [0.2, 0.25) is 0 Å². The molecule has 2 aromatic heterocycles. The molecule has 0 amide bonds. The minimum atomic E-state index is -0.173. The van der Waals surface area contributed by atoms with E-state index < -0.39 is 0 Å². The Hall–Kier alpha value is -3.13. The van der Waals surface area contributed by atoms with Crippen molar-refractivity contribution in [3.63, 3.8) is 0 Å². The van der Waals surface area contributed by atoms with Crippen molar-refractivity contribution in [2.75, 3.05) is 7.11 Å². The fourth-order valence-electron chi connectivity index (χ4n) is 3.25. The Balaban J connectivity index is 1.77. The molecule has 4 rings (SSSR count). The Morgan fingerprint density at radius 3 is 2.81 bits per heavy atom. The van der Waals surface area contributed by atoms with Crippen LogP contribution in [0.25, 0.3) is 16.6 Å². The van der Waals surface area contributed by atoms with Gasteiger partial charge in [0.1, 0.15) is 5.75 Å². The Morgan fingerprint density at radius 1 is 1.16 bits per heavy atom. The van der Waals surface area contributed by atoms with Crippen LogP contribution in [0, 0.1) is 0 Å². The Bertz CT molecular complexity index is 1250. The Morgan fingerprint density at radius 2 is 2.00 bits per heavy atom. The molecule has 0 N–H and O–H groups in total. The molecule has 2 aromatic carbocycles. The minimum absolute atomic E-state index is 0.136. The van der Waals surface area contributed by atoms with Crippen LogP contribution in [0.1, 0.15) is 43.7 Å². The number of nitrogens with zero attached hydrogens (tertiary/aromatic N) is 4. The zero-order valence-corrected chi connectivity index (χ0v) is 18.6. The maximum absolute atomic E-state index is 13.4. The zero-order chi connectivity index (χ0) is 21.8. The van der Waals surface area contributed by atoms with Crippen molar-refractivity contribution in [1.29, 1.82) is 0 Å². The second-order valence-corrected chi connectivity index (χ2v) is 8.47. The lowest BCUT2D eigenvalue weighted by atomic mass is 10.2. The van der Waals surface area contributed by atoms with Crippen LogP contribution in [-0.2, 0) is 6.42 Å². The molecule has 0 bridgehead atoms. The topological polar surface area (TPSA) is 83.0 Å². The van der Waals surface area contributed by atoms with E-state index in [0.29, 0.717) is 39.2 Å². The number of unbranched alkanes of at least 4 members (excludes halogenated alkanes) is 1. The SMILES string of the molecule is CCCCc1noc(C(C)Sc2nc3ccccc3c(=O)n2-c2cccc(OC)c2)n1. The summed E-state index contributed by atoms with van der Waals surface area (Å²) in [6.07, 6.45) is 2.88. The number of thioether (sulfide) groups is 1. The van der Waals surface area contributed by atoms with Crippen LogP contribution in [0.15, 0.2) is 63.0 Å². The number of para-hydroxylation sites is 1. The highest BCUT2D eigenvalue weighted by atomic mass is 32.2. The molecule has 7 nitrogen and oxygen atoms in total. The van der Waals surface area contributed by atoms with Crippen LogP contribution in [0.3, 0.4) is 0 Å². The van der Waals surface area contributed by atoms with E-state index in [-0.39, 0.29) is 10.8 Å². The number of aromatic nitrogens is 4. The zero-order valence-electron chi connectivity index (χ0n) is 17.7. The quantitative estimate of drug-likeness (QED) is 0.285. The van der Waals surface area contributed by atoms with Gasteiger partial charge in [-0.2, -0.15) is 4.98 Å². The fraction of sp³-hybridized carbons (Fsp3) is 0.304. The van der Waals surface area contributed by atoms with Gasteiger partial charge in [0, 0.05) is 12.5 Å². The van der Waals surface area contributed by atoms with Crippen molar-refractivity contribution in [3.8, 4) is 11.4 Å². The minimum Gasteiger partial charge on any atom is -0.497 e. The summed E-state index contributed by atoms with van der Waals surface area (Å²) in [6, 6.07) is 14.7. The van der Waals surface area contributed by atoms with Crippen molar-refractivity contribution in [2.24, 2.45) is 0 Å². The van der Waals surface area contributed by atoms with E-state index in [1.54, 1.807) is 17.7 Å². The summed E-state index contributed by atoms with van der Waals surface area (Å²) in [5.74, 6) is 1.90. The van der Waals surface area contributed by atoms with Crippen LogP contribution in [0.5, 0.6) is 5.75 Å². The van der Waals surface area contributed by atoms with Crippen molar-refractivity contribution in [1.82, 2.24) is 19.7 Å². The van der Waals surface area contributed by atoms with Gasteiger partial charge in [-0.1, -0.05) is 48.5 Å². The normalized spacial score (nSPS) is 12.2. The summed E-state index contributed by atoms with van der Waals surface area (Å²) in [4.78, 5) is 22.7. The van der Waals surface area contributed by atoms with Gasteiger partial charge in [-0.25, -0.2) is 4.98 Å². The average Bonchev–Trinajstić information content (AvgIpc) is 3.27. The molecule has 8 heteroatoms. The molecular weight excluding hydrogens is 412 g/mol. The van der Waals surface area contributed by atoms with Crippen LogP contribution < -0.4 is 10.3 Å². The van der Waals surface area contributed by atoms with E-state index in [2.05, 4.69) is 17.1 Å². The lowest BCUT2D eigenvalue weighted by Crippen LogP contribution is -2.22. The van der Waals surface area contributed by atoms with E-state index in [9.17, 15) is 4.79 Å². The van der Waals surface area contributed by atoms with Gasteiger partial charge in [0.05, 0.1) is 29.0 Å². The van der Waals surface area contributed by atoms with E-state index >= 15 is 0 Å². The molecule has 0 saturated heterocycles. The predicted molar refractivity (Wildman–Crippen MR) is 121 cm³/mol. The van der Waals surface area contributed by atoms with Gasteiger partial charge in [0.25, 0.3) is 5.56 Å². The second kappa shape index (κ2) is 9.34. The molecule has 0 spiro atoms. The van der Waals surface area contributed by atoms with Gasteiger partial charge in [-0.05, 0) is 37.6 Å². The molecule has 0 radical (unpaired) electrons. The molecule has 0 aliphatic heterocycles. The van der Waals surface area contributed by atoms with Crippen LogP contribution in [-0.4, -0.2) is 26.8 Å². The van der Waals surface area contributed by atoms with Crippen molar-refractivity contribution < 1.29 is 9.26 Å². The van der Waals surface area contributed by atoms with Gasteiger partial charge in [-0.3, -0.25) is 9.36 Å². The molecule has 31 heavy (non-hydrogen) atoms. The molecule has 160 valence electrons. The molecule has 1 unspecified atom stereocenters. The molecule has 0 saturated carbocycles. The van der Waals surface area contributed by atoms with Gasteiger partial charge in [0.15, 0.2) is 11.0 Å². The standard InChI is InChI=1S/C23H24N4O3S/c1-4-5-13-20-25-21(30-26-20)15(2)31-23-24-19-12-7-6-11-18(19)22(28)27(23)16-9-8-10-17(14-16)29-3/h6-12,14-15H,4-5,13H2,1-3H3. The third kappa shape index (κ3) is 4.49. The van der Waals surface area contributed by atoms with Gasteiger partial charge in [-0.15, -0.1) is 0 Å². The Labute approximate surface area is 184 Å². The summed E-state index contributed by atoms with van der Waals surface area (Å²) in [6.45, 7) is 4.10. The first-order chi connectivity index (χ1) is 15.1. The number of fused-ring (bicyclic) bond motifs is 1. The fourth-order valence-corrected chi connectivity index (χ4v) is 4.20. The maximum Gasteiger partial charge on any atom is 0.266 e. The molecule has 0 fully saturated rings. The lowest BCUT2D eigenvalue weighted by Gasteiger charge is -2.15. The monoisotopic (exact) mass is 436 g/mol. The number of aryl methyl sites for hydroxylation is 1. The largest absolute Gasteiger partial charge is 0.497 e. The van der Waals surface area contributed by atoms with E-state index in [4.69, 9.17) is 14.2 Å². The third-order valence-corrected chi connectivity index (χ3v) is 5.96. The smallest absolute Gasteiger partial charge is 0.266 e. The molecule has 0 aliphatic carbocycles. The average molecular weight is 437 g/mol. The number of methoxy groups -OCH3 is 1. The highest BCUT2D eigenvalue weighted by Crippen LogP contribution is 2.34. The molecule has 2 heterocycles. The number of hydrogen-bond acceptors (Lipinski definition) is 7. The van der Waals surface area contributed by atoms with Gasteiger partial charge in [0.2, 0.25) is 5.89 Å². The van der Waals surface area contributed by atoms with E-state index in [1.165, 1.54) is 11.8 Å². The molecule has 1 atom stereocenters. The second-order valence-electron chi connectivity index (χ2n) is 7.17. The lowest BCUT2D eigenvalue weighted by molar-refractivity contribution is 0.374. The molecular formula is C23H24N4O3S. The third-order valence-electron chi connectivity index (χ3n) is 4.92. The molecule has 0 aliphatic rings. The highest BCUT2D eigenvalue weighted by molar-refractivity contribution is 7.99. The van der Waals surface area contributed by atoms with Gasteiger partial charge < -0.3 is 9.26 Å². The summed E-state index contributed by atoms with van der Waals surface area (Å²) in [5.41, 5.74) is 1.20.